The van der Waals surface area contributed by atoms with Gasteiger partial charge in [-0.25, -0.2) is 0 Å². The second-order valence-corrected chi connectivity index (χ2v) is 2.55. The van der Waals surface area contributed by atoms with E-state index < -0.39 is 16.2 Å². The van der Waals surface area contributed by atoms with Gasteiger partial charge in [-0.2, -0.15) is 0 Å². The molecule has 0 saturated heterocycles. The summed E-state index contributed by atoms with van der Waals surface area (Å²) < 4.78 is 0.0862. The zero-order valence-electron chi connectivity index (χ0n) is 6.08. The van der Waals surface area contributed by atoms with E-state index in [-0.39, 0.29) is 10.5 Å². The molecular formula is C5H5N3O3S. The number of hydrogen-bond acceptors (Lipinski definition) is 4. The summed E-state index contributed by atoms with van der Waals surface area (Å²) in [6, 6.07) is 0. The van der Waals surface area contributed by atoms with Crippen LogP contribution in [0.2, 0.25) is 0 Å². The Kier molecular flexibility index (Phi) is 2.05. The fraction of sp³-hybridized carbons (Fsp3) is 0.200. The quantitative estimate of drug-likeness (QED) is 0.383. The Bertz CT molecular complexity index is 432. The van der Waals surface area contributed by atoms with Gasteiger partial charge in [0.1, 0.15) is 0 Å². The molecule has 0 fully saturated rings. The first-order valence-corrected chi connectivity index (χ1v) is 3.41. The van der Waals surface area contributed by atoms with Gasteiger partial charge in [-0.1, -0.05) is 0 Å². The molecule has 0 atom stereocenters. The highest BCUT2D eigenvalue weighted by atomic mass is 32.1. The molecule has 64 valence electrons. The van der Waals surface area contributed by atoms with Gasteiger partial charge in [-0.3, -0.25) is 19.9 Å². The van der Waals surface area contributed by atoms with Crippen LogP contribution in [0.15, 0.2) is 4.79 Å². The molecule has 0 amide bonds. The molecule has 0 unspecified atom stereocenters. The standard InChI is InChI=1S/C5H5N3O3S/c1-2-3(8(10)11)4(9)7-5(12)6-2/h1H3,(H2,6,7,9,12). The van der Waals surface area contributed by atoms with Gasteiger partial charge in [0.25, 0.3) is 0 Å². The van der Waals surface area contributed by atoms with Crippen LogP contribution in [0.25, 0.3) is 0 Å². The summed E-state index contributed by atoms with van der Waals surface area (Å²) in [4.78, 5) is 25.1. The molecule has 7 heteroatoms. The minimum atomic E-state index is -0.777. The van der Waals surface area contributed by atoms with Crippen molar-refractivity contribution in [2.75, 3.05) is 0 Å². The van der Waals surface area contributed by atoms with Gasteiger partial charge in [-0.15, -0.1) is 0 Å². The predicted octanol–water partition coefficient (Wildman–Crippen LogP) is 0.649. The van der Waals surface area contributed by atoms with Gasteiger partial charge < -0.3 is 4.98 Å². The third-order valence-corrected chi connectivity index (χ3v) is 1.49. The minimum absolute atomic E-state index is 0.0862. The third-order valence-electron chi connectivity index (χ3n) is 1.28. The maximum absolute atomic E-state index is 10.9. The van der Waals surface area contributed by atoms with Crippen LogP contribution in [0.5, 0.6) is 0 Å². The molecule has 1 aromatic heterocycles. The molecule has 12 heavy (non-hydrogen) atoms. The third kappa shape index (κ3) is 1.40. The highest BCUT2D eigenvalue weighted by molar-refractivity contribution is 7.71. The Labute approximate surface area is 71.4 Å². The van der Waals surface area contributed by atoms with Crippen molar-refractivity contribution in [1.82, 2.24) is 9.97 Å². The number of aromatic nitrogens is 2. The lowest BCUT2D eigenvalue weighted by Crippen LogP contribution is -2.14. The molecule has 1 heterocycles. The molecule has 2 N–H and O–H groups in total. The van der Waals surface area contributed by atoms with Crippen LogP contribution in [0.3, 0.4) is 0 Å². The Morgan fingerprint density at radius 3 is 2.50 bits per heavy atom. The van der Waals surface area contributed by atoms with E-state index in [9.17, 15) is 14.9 Å². The SMILES string of the molecule is Cc1[nH]c(=S)[nH]c(=O)c1[N+](=O)[O-]. The molecule has 0 aliphatic carbocycles. The Morgan fingerprint density at radius 2 is 2.08 bits per heavy atom. The molecule has 6 nitrogen and oxygen atoms in total. The average Bonchev–Trinajstić information content (AvgIpc) is 1.82. The van der Waals surface area contributed by atoms with E-state index in [4.69, 9.17) is 0 Å². The summed E-state index contributed by atoms with van der Waals surface area (Å²) >= 11 is 4.60. The van der Waals surface area contributed by atoms with Crippen molar-refractivity contribution in [2.45, 2.75) is 6.92 Å². The maximum atomic E-state index is 10.9. The van der Waals surface area contributed by atoms with Crippen molar-refractivity contribution in [3.63, 3.8) is 0 Å². The fourth-order valence-corrected chi connectivity index (χ4v) is 1.06. The Hall–Kier alpha value is -1.50. The molecule has 0 saturated carbocycles. The summed E-state index contributed by atoms with van der Waals surface area (Å²) in [6.07, 6.45) is 0. The van der Waals surface area contributed by atoms with Gasteiger partial charge in [-0.05, 0) is 19.1 Å². The van der Waals surface area contributed by atoms with Crippen molar-refractivity contribution >= 4 is 17.9 Å². The number of H-pyrrole nitrogens is 2. The van der Waals surface area contributed by atoms with Crippen LogP contribution in [-0.2, 0) is 0 Å². The molecular weight excluding hydrogens is 182 g/mol. The molecule has 1 rings (SSSR count). The van der Waals surface area contributed by atoms with Crippen LogP contribution in [0.4, 0.5) is 5.69 Å². The molecule has 0 spiro atoms. The number of aryl methyl sites for hydroxylation is 1. The van der Waals surface area contributed by atoms with Crippen molar-refractivity contribution < 1.29 is 4.92 Å². The Morgan fingerprint density at radius 1 is 1.50 bits per heavy atom. The van der Waals surface area contributed by atoms with Crippen molar-refractivity contribution in [3.05, 3.63) is 30.9 Å². The first kappa shape index (κ1) is 8.60. The first-order chi connectivity index (χ1) is 5.52. The molecule has 0 aliphatic heterocycles. The molecule has 0 bridgehead atoms. The van der Waals surface area contributed by atoms with Gasteiger partial charge >= 0.3 is 11.2 Å². The summed E-state index contributed by atoms with van der Waals surface area (Å²) in [7, 11) is 0. The molecule has 0 aromatic carbocycles. The Balaban J connectivity index is 3.60. The normalized spacial score (nSPS) is 9.75. The van der Waals surface area contributed by atoms with E-state index in [2.05, 4.69) is 22.2 Å². The summed E-state index contributed by atoms with van der Waals surface area (Å²) in [6.45, 7) is 1.42. The lowest BCUT2D eigenvalue weighted by atomic mass is 10.4. The second kappa shape index (κ2) is 2.86. The van der Waals surface area contributed by atoms with Crippen molar-refractivity contribution in [3.8, 4) is 0 Å². The number of hydrogen-bond donors (Lipinski definition) is 2. The zero-order valence-corrected chi connectivity index (χ0v) is 6.90. The van der Waals surface area contributed by atoms with Gasteiger partial charge in [0.05, 0.1) is 10.6 Å². The van der Waals surface area contributed by atoms with Crippen molar-refractivity contribution in [2.24, 2.45) is 0 Å². The number of aromatic amines is 2. The summed E-state index contributed by atoms with van der Waals surface area (Å²) in [5.74, 6) is 0. The van der Waals surface area contributed by atoms with E-state index in [0.29, 0.717) is 0 Å². The maximum Gasteiger partial charge on any atom is 0.352 e. The lowest BCUT2D eigenvalue weighted by molar-refractivity contribution is -0.387. The van der Waals surface area contributed by atoms with Gasteiger partial charge in [0.2, 0.25) is 0 Å². The van der Waals surface area contributed by atoms with E-state index in [1.54, 1.807) is 0 Å². The molecule has 0 radical (unpaired) electrons. The fourth-order valence-electron chi connectivity index (χ4n) is 0.813. The first-order valence-electron chi connectivity index (χ1n) is 3.00. The van der Waals surface area contributed by atoms with Crippen LogP contribution in [-0.4, -0.2) is 14.9 Å². The largest absolute Gasteiger partial charge is 0.352 e. The monoisotopic (exact) mass is 187 g/mol. The average molecular weight is 187 g/mol. The van der Waals surface area contributed by atoms with Crippen LogP contribution in [0.1, 0.15) is 5.69 Å². The smallest absolute Gasteiger partial charge is 0.330 e. The number of nitrogens with zero attached hydrogens (tertiary/aromatic N) is 1. The highest BCUT2D eigenvalue weighted by Crippen LogP contribution is 2.05. The van der Waals surface area contributed by atoms with Crippen LogP contribution >= 0.6 is 12.2 Å². The predicted molar refractivity (Wildman–Crippen MR) is 43.6 cm³/mol. The summed E-state index contributed by atoms with van der Waals surface area (Å²) in [5, 5.41) is 10.3. The molecule has 1 aromatic rings. The van der Waals surface area contributed by atoms with Crippen molar-refractivity contribution in [1.29, 1.82) is 0 Å². The zero-order chi connectivity index (χ0) is 9.30. The minimum Gasteiger partial charge on any atom is -0.330 e. The highest BCUT2D eigenvalue weighted by Gasteiger charge is 2.15. The summed E-state index contributed by atoms with van der Waals surface area (Å²) in [5.41, 5.74) is -1.11. The van der Waals surface area contributed by atoms with E-state index in [1.807, 2.05) is 0 Å². The van der Waals surface area contributed by atoms with Crippen LogP contribution < -0.4 is 5.56 Å². The van der Waals surface area contributed by atoms with Gasteiger partial charge in [0, 0.05) is 0 Å². The second-order valence-electron chi connectivity index (χ2n) is 2.14. The topological polar surface area (TPSA) is 91.8 Å². The van der Waals surface area contributed by atoms with E-state index in [1.165, 1.54) is 6.92 Å². The van der Waals surface area contributed by atoms with Crippen LogP contribution in [0, 0.1) is 21.8 Å². The van der Waals surface area contributed by atoms with Gasteiger partial charge in [0.15, 0.2) is 4.77 Å². The lowest BCUT2D eigenvalue weighted by Gasteiger charge is -1.93. The number of nitro groups is 1. The van der Waals surface area contributed by atoms with E-state index >= 15 is 0 Å². The number of rotatable bonds is 1. The van der Waals surface area contributed by atoms with E-state index in [0.717, 1.165) is 0 Å². The number of nitrogens with one attached hydrogen (secondary N) is 2. The molecule has 0 aliphatic rings.